The van der Waals surface area contributed by atoms with Crippen LogP contribution in [0.5, 0.6) is 0 Å². The number of benzene rings is 1. The van der Waals surface area contributed by atoms with E-state index in [4.69, 9.17) is 10.5 Å². The van der Waals surface area contributed by atoms with E-state index in [1.165, 1.54) is 24.3 Å². The van der Waals surface area contributed by atoms with E-state index >= 15 is 0 Å². The van der Waals surface area contributed by atoms with E-state index in [2.05, 4.69) is 5.32 Å². The van der Waals surface area contributed by atoms with E-state index in [1.807, 2.05) is 0 Å². The van der Waals surface area contributed by atoms with Gasteiger partial charge in [0.1, 0.15) is 18.0 Å². The smallest absolute Gasteiger partial charge is 0.250 e. The molecule has 2 rings (SSSR count). The summed E-state index contributed by atoms with van der Waals surface area (Å²) in [6, 6.07) is 4.28. The van der Waals surface area contributed by atoms with E-state index in [0.717, 1.165) is 6.42 Å². The van der Waals surface area contributed by atoms with Crippen LogP contribution in [0.15, 0.2) is 24.3 Å². The minimum atomic E-state index is -0.975. The Labute approximate surface area is 109 Å². The lowest BCUT2D eigenvalue weighted by Crippen LogP contribution is -2.42. The standard InChI is InChI=1S/C13H15FN2O3/c14-9-5-3-8(4-6-9)11(12(15)17)16-13(18)10-2-1-7-19-10/h3-6,10-11H,1-2,7H2,(H2,15,17)(H,16,18)/t10-,11?/m0/s1. The molecular weight excluding hydrogens is 251 g/mol. The van der Waals surface area contributed by atoms with Crippen molar-refractivity contribution in [2.75, 3.05) is 6.61 Å². The highest BCUT2D eigenvalue weighted by Gasteiger charge is 2.28. The Bertz CT molecular complexity index is 469. The molecule has 6 heteroatoms. The van der Waals surface area contributed by atoms with Gasteiger partial charge in [-0.25, -0.2) is 4.39 Å². The summed E-state index contributed by atoms with van der Waals surface area (Å²) in [6.45, 7) is 0.538. The Morgan fingerprint density at radius 2 is 2.05 bits per heavy atom. The zero-order valence-electron chi connectivity index (χ0n) is 10.3. The van der Waals surface area contributed by atoms with Gasteiger partial charge in [-0.15, -0.1) is 0 Å². The van der Waals surface area contributed by atoms with Gasteiger partial charge >= 0.3 is 0 Å². The average Bonchev–Trinajstić information content (AvgIpc) is 2.90. The minimum Gasteiger partial charge on any atom is -0.368 e. The Balaban J connectivity index is 2.09. The summed E-state index contributed by atoms with van der Waals surface area (Å²) in [5.74, 6) is -1.49. The Morgan fingerprint density at radius 3 is 2.58 bits per heavy atom. The number of hydrogen-bond donors (Lipinski definition) is 2. The monoisotopic (exact) mass is 266 g/mol. The molecule has 0 saturated carbocycles. The maximum atomic E-state index is 12.8. The molecular formula is C13H15FN2O3. The maximum absolute atomic E-state index is 12.8. The molecule has 2 amide bonds. The van der Waals surface area contributed by atoms with Crippen LogP contribution in [0.2, 0.25) is 0 Å². The lowest BCUT2D eigenvalue weighted by molar-refractivity contribution is -0.133. The van der Waals surface area contributed by atoms with Crippen LogP contribution in [0.3, 0.4) is 0 Å². The molecule has 1 aliphatic heterocycles. The van der Waals surface area contributed by atoms with Crippen molar-refractivity contribution in [1.29, 1.82) is 0 Å². The third-order valence-electron chi connectivity index (χ3n) is 3.00. The normalized spacial score (nSPS) is 19.9. The molecule has 0 radical (unpaired) electrons. The van der Waals surface area contributed by atoms with Crippen LogP contribution in [-0.4, -0.2) is 24.5 Å². The summed E-state index contributed by atoms with van der Waals surface area (Å²) in [6.07, 6.45) is 0.902. The van der Waals surface area contributed by atoms with Crippen molar-refractivity contribution in [1.82, 2.24) is 5.32 Å². The first-order valence-corrected chi connectivity index (χ1v) is 6.04. The molecule has 1 unspecified atom stereocenters. The number of rotatable bonds is 4. The predicted octanol–water partition coefficient (Wildman–Crippen LogP) is 0.647. The van der Waals surface area contributed by atoms with Gasteiger partial charge in [-0.2, -0.15) is 0 Å². The molecule has 0 bridgehead atoms. The van der Waals surface area contributed by atoms with Gasteiger partial charge in [0.05, 0.1) is 0 Å². The van der Waals surface area contributed by atoms with Crippen molar-refractivity contribution in [3.63, 3.8) is 0 Å². The zero-order chi connectivity index (χ0) is 13.8. The minimum absolute atomic E-state index is 0.370. The number of carbonyl (C=O) groups excluding carboxylic acids is 2. The molecule has 102 valence electrons. The number of halogens is 1. The number of ether oxygens (including phenoxy) is 1. The van der Waals surface area contributed by atoms with Crippen LogP contribution >= 0.6 is 0 Å². The van der Waals surface area contributed by atoms with Crippen LogP contribution in [0.1, 0.15) is 24.4 Å². The summed E-state index contributed by atoms with van der Waals surface area (Å²) in [4.78, 5) is 23.3. The van der Waals surface area contributed by atoms with E-state index in [-0.39, 0.29) is 5.91 Å². The molecule has 19 heavy (non-hydrogen) atoms. The number of nitrogens with two attached hydrogens (primary N) is 1. The summed E-state index contributed by atoms with van der Waals surface area (Å²) in [5, 5.41) is 2.53. The highest BCUT2D eigenvalue weighted by atomic mass is 19.1. The molecule has 1 aliphatic rings. The first-order valence-electron chi connectivity index (χ1n) is 6.04. The second kappa shape index (κ2) is 5.79. The van der Waals surface area contributed by atoms with E-state index in [1.54, 1.807) is 0 Å². The van der Waals surface area contributed by atoms with E-state index in [0.29, 0.717) is 18.6 Å². The SMILES string of the molecule is NC(=O)C(NC(=O)[C@@H]1CCCO1)c1ccc(F)cc1. The van der Waals surface area contributed by atoms with Crippen molar-refractivity contribution in [3.05, 3.63) is 35.6 Å². The Morgan fingerprint density at radius 1 is 1.37 bits per heavy atom. The lowest BCUT2D eigenvalue weighted by atomic mass is 10.1. The van der Waals surface area contributed by atoms with Crippen LogP contribution in [0, 0.1) is 5.82 Å². The van der Waals surface area contributed by atoms with Gasteiger partial charge in [-0.1, -0.05) is 12.1 Å². The number of amides is 2. The summed E-state index contributed by atoms with van der Waals surface area (Å²) < 4.78 is 18.1. The van der Waals surface area contributed by atoms with Gasteiger partial charge in [-0.05, 0) is 30.5 Å². The predicted molar refractivity (Wildman–Crippen MR) is 65.5 cm³/mol. The Hall–Kier alpha value is -1.95. The van der Waals surface area contributed by atoms with Gasteiger partial charge in [0.15, 0.2) is 0 Å². The van der Waals surface area contributed by atoms with Gasteiger partial charge in [-0.3, -0.25) is 9.59 Å². The topological polar surface area (TPSA) is 81.4 Å². The third-order valence-corrected chi connectivity index (χ3v) is 3.00. The fourth-order valence-electron chi connectivity index (χ4n) is 1.99. The number of nitrogens with one attached hydrogen (secondary N) is 1. The maximum Gasteiger partial charge on any atom is 0.250 e. The molecule has 1 aromatic carbocycles. The second-order valence-electron chi connectivity index (χ2n) is 4.40. The van der Waals surface area contributed by atoms with Crippen molar-refractivity contribution in [2.24, 2.45) is 5.73 Å². The zero-order valence-corrected chi connectivity index (χ0v) is 10.3. The number of carbonyl (C=O) groups is 2. The average molecular weight is 266 g/mol. The molecule has 0 spiro atoms. The number of hydrogen-bond acceptors (Lipinski definition) is 3. The highest BCUT2D eigenvalue weighted by Crippen LogP contribution is 2.16. The first kappa shape index (κ1) is 13.5. The van der Waals surface area contributed by atoms with Gasteiger partial charge in [0.25, 0.3) is 0 Å². The second-order valence-corrected chi connectivity index (χ2v) is 4.40. The fraction of sp³-hybridized carbons (Fsp3) is 0.385. The van der Waals surface area contributed by atoms with Gasteiger partial charge in [0, 0.05) is 6.61 Å². The number of primary amides is 1. The van der Waals surface area contributed by atoms with Crippen molar-refractivity contribution in [2.45, 2.75) is 25.0 Å². The van der Waals surface area contributed by atoms with Crippen molar-refractivity contribution >= 4 is 11.8 Å². The molecule has 5 nitrogen and oxygen atoms in total. The van der Waals surface area contributed by atoms with Crippen molar-refractivity contribution < 1.29 is 18.7 Å². The fourth-order valence-corrected chi connectivity index (χ4v) is 1.99. The molecule has 3 N–H and O–H groups in total. The van der Waals surface area contributed by atoms with Crippen LogP contribution in [0.4, 0.5) is 4.39 Å². The third kappa shape index (κ3) is 3.29. The van der Waals surface area contributed by atoms with Crippen LogP contribution in [-0.2, 0) is 14.3 Å². The van der Waals surface area contributed by atoms with E-state index in [9.17, 15) is 14.0 Å². The summed E-state index contributed by atoms with van der Waals surface area (Å²) in [7, 11) is 0. The van der Waals surface area contributed by atoms with Crippen LogP contribution < -0.4 is 11.1 Å². The molecule has 0 aromatic heterocycles. The van der Waals surface area contributed by atoms with Gasteiger partial charge in [0.2, 0.25) is 11.8 Å². The van der Waals surface area contributed by atoms with Crippen LogP contribution in [0.25, 0.3) is 0 Å². The first-order chi connectivity index (χ1) is 9.08. The highest BCUT2D eigenvalue weighted by molar-refractivity contribution is 5.89. The molecule has 1 fully saturated rings. The van der Waals surface area contributed by atoms with Crippen molar-refractivity contribution in [3.8, 4) is 0 Å². The van der Waals surface area contributed by atoms with Gasteiger partial charge < -0.3 is 15.8 Å². The lowest BCUT2D eigenvalue weighted by Gasteiger charge is -2.18. The molecule has 1 saturated heterocycles. The largest absolute Gasteiger partial charge is 0.368 e. The Kier molecular flexibility index (Phi) is 4.11. The molecule has 2 atom stereocenters. The molecule has 0 aliphatic carbocycles. The summed E-state index contributed by atoms with van der Waals surface area (Å²) in [5.41, 5.74) is 5.71. The molecule has 1 heterocycles. The molecule has 1 aromatic rings. The summed E-state index contributed by atoms with van der Waals surface area (Å²) >= 11 is 0. The quantitative estimate of drug-likeness (QED) is 0.839. The van der Waals surface area contributed by atoms with E-state index < -0.39 is 23.9 Å².